The second-order valence-electron chi connectivity index (χ2n) is 6.03. The van der Waals surface area contributed by atoms with E-state index in [0.717, 1.165) is 0 Å². The van der Waals surface area contributed by atoms with Gasteiger partial charge in [0.2, 0.25) is 0 Å². The minimum atomic E-state index is -3.04. The van der Waals surface area contributed by atoms with Crippen LogP contribution >= 0.6 is 0 Å². The molecule has 2 aromatic rings. The van der Waals surface area contributed by atoms with Gasteiger partial charge in [0.1, 0.15) is 5.82 Å². The maximum Gasteiger partial charge on any atom is 0.255 e. The third-order valence-electron chi connectivity index (χ3n) is 4.50. The van der Waals surface area contributed by atoms with Crippen molar-refractivity contribution in [3.63, 3.8) is 0 Å². The van der Waals surface area contributed by atoms with Crippen molar-refractivity contribution in [1.29, 1.82) is 0 Å². The molecule has 1 fully saturated rings. The maximum absolute atomic E-state index is 14.7. The van der Waals surface area contributed by atoms with Crippen LogP contribution < -0.4 is 10.8 Å². The Kier molecular flexibility index (Phi) is 4.17. The van der Waals surface area contributed by atoms with Crippen LogP contribution in [0.2, 0.25) is 0 Å². The van der Waals surface area contributed by atoms with Gasteiger partial charge in [0.25, 0.3) is 5.92 Å². The van der Waals surface area contributed by atoms with E-state index in [1.165, 1.54) is 30.6 Å². The molecule has 0 radical (unpaired) electrons. The van der Waals surface area contributed by atoms with Gasteiger partial charge in [-0.25, -0.2) is 13.8 Å². The summed E-state index contributed by atoms with van der Waals surface area (Å²) >= 11 is 0. The van der Waals surface area contributed by atoms with Crippen molar-refractivity contribution in [2.45, 2.75) is 37.0 Å². The lowest BCUT2D eigenvalue weighted by atomic mass is 9.74. The smallest absolute Gasteiger partial charge is 0.255 e. The number of hydrogen-bond donors (Lipinski definition) is 1. The molecule has 1 aromatic carbocycles. The van der Waals surface area contributed by atoms with Gasteiger partial charge < -0.3 is 15.6 Å². The number of carboxylic acid groups (broad SMARTS) is 1. The number of nitrogens with zero attached hydrogens (tertiary/aromatic N) is 2. The minimum Gasteiger partial charge on any atom is -0.545 e. The number of nitrogen functional groups attached to an aromatic ring is 1. The molecule has 24 heavy (non-hydrogen) atoms. The molecule has 0 spiro atoms. The number of alkyl halides is 2. The molecule has 1 aliphatic carbocycles. The van der Waals surface area contributed by atoms with Crippen molar-refractivity contribution in [3.8, 4) is 0 Å². The second-order valence-corrected chi connectivity index (χ2v) is 6.03. The Hall–Kier alpha value is -2.57. The van der Waals surface area contributed by atoms with Crippen LogP contribution in [0.25, 0.3) is 0 Å². The zero-order valence-electron chi connectivity index (χ0n) is 12.8. The van der Waals surface area contributed by atoms with Gasteiger partial charge in [0, 0.05) is 23.8 Å². The van der Waals surface area contributed by atoms with E-state index in [4.69, 9.17) is 5.73 Å². The van der Waals surface area contributed by atoms with E-state index in [2.05, 4.69) is 9.97 Å². The topological polar surface area (TPSA) is 91.9 Å². The Labute approximate surface area is 137 Å². The molecular weight excluding hydrogens is 316 g/mol. The number of carbonyl (C=O) groups is 1. The van der Waals surface area contributed by atoms with Crippen molar-refractivity contribution < 1.29 is 18.7 Å². The predicted octanol–water partition coefficient (Wildman–Crippen LogP) is 2.11. The van der Waals surface area contributed by atoms with Crippen LogP contribution in [0, 0.1) is 0 Å². The number of nitrogens with two attached hydrogens (primary N) is 1. The first kappa shape index (κ1) is 16.3. The number of carboxylic acids is 1. The Morgan fingerprint density at radius 3 is 2.58 bits per heavy atom. The van der Waals surface area contributed by atoms with Crippen LogP contribution in [-0.2, 0) is 0 Å². The van der Waals surface area contributed by atoms with Crippen LogP contribution in [0.3, 0.4) is 0 Å². The van der Waals surface area contributed by atoms with E-state index in [9.17, 15) is 18.7 Å². The molecule has 3 rings (SSSR count). The highest BCUT2D eigenvalue weighted by Crippen LogP contribution is 2.50. The highest BCUT2D eigenvalue weighted by Gasteiger charge is 2.47. The van der Waals surface area contributed by atoms with E-state index in [0.29, 0.717) is 12.1 Å². The molecule has 2 N–H and O–H groups in total. The first-order valence-corrected chi connectivity index (χ1v) is 7.64. The van der Waals surface area contributed by atoms with E-state index in [1.54, 1.807) is 6.07 Å². The molecule has 7 heteroatoms. The fraction of sp³-hybridized carbons (Fsp3) is 0.353. The van der Waals surface area contributed by atoms with Crippen LogP contribution in [0.15, 0.2) is 36.7 Å². The lowest BCUT2D eigenvalue weighted by Gasteiger charge is -2.36. The molecule has 126 valence electrons. The first-order chi connectivity index (χ1) is 11.4. The fourth-order valence-corrected chi connectivity index (χ4v) is 3.33. The molecule has 1 aliphatic rings. The summed E-state index contributed by atoms with van der Waals surface area (Å²) in [5.41, 5.74) is 5.91. The van der Waals surface area contributed by atoms with Gasteiger partial charge in [-0.2, -0.15) is 0 Å². The third kappa shape index (κ3) is 3.06. The number of aromatic carboxylic acids is 1. The number of hydrogen-bond acceptors (Lipinski definition) is 5. The van der Waals surface area contributed by atoms with E-state index in [-0.39, 0.29) is 23.4 Å². The van der Waals surface area contributed by atoms with Gasteiger partial charge in [-0.15, -0.1) is 0 Å². The Morgan fingerprint density at radius 1 is 1.21 bits per heavy atom. The molecule has 5 nitrogen and oxygen atoms in total. The normalized spacial score (nSPS) is 22.9. The van der Waals surface area contributed by atoms with Crippen molar-refractivity contribution in [3.05, 3.63) is 53.5 Å². The highest BCUT2D eigenvalue weighted by atomic mass is 19.3. The minimum absolute atomic E-state index is 0.129. The summed E-state index contributed by atoms with van der Waals surface area (Å²) in [6, 6.07) is 5.81. The van der Waals surface area contributed by atoms with Crippen molar-refractivity contribution in [1.82, 2.24) is 9.97 Å². The molecule has 1 heterocycles. The molecule has 2 atom stereocenters. The summed E-state index contributed by atoms with van der Waals surface area (Å²) < 4.78 is 29.5. The SMILES string of the molecule is Nc1cnc(C2CCC(c3ccccc3C(=O)[O-])C(F)(F)C2)cn1. The molecule has 0 bridgehead atoms. The average Bonchev–Trinajstić information content (AvgIpc) is 2.54. The van der Waals surface area contributed by atoms with Gasteiger partial charge in [-0.05, 0) is 18.4 Å². The van der Waals surface area contributed by atoms with Gasteiger partial charge in [-0.3, -0.25) is 4.98 Å². The highest BCUT2D eigenvalue weighted by molar-refractivity contribution is 5.87. The average molecular weight is 332 g/mol. The lowest BCUT2D eigenvalue weighted by Crippen LogP contribution is -2.35. The maximum atomic E-state index is 14.7. The third-order valence-corrected chi connectivity index (χ3v) is 4.50. The van der Waals surface area contributed by atoms with Gasteiger partial charge in [-0.1, -0.05) is 24.3 Å². The van der Waals surface area contributed by atoms with Crippen LogP contribution in [0.4, 0.5) is 14.6 Å². The number of rotatable bonds is 3. The number of anilines is 1. The zero-order valence-corrected chi connectivity index (χ0v) is 12.8. The molecule has 1 saturated carbocycles. The van der Waals surface area contributed by atoms with E-state index in [1.807, 2.05) is 0 Å². The van der Waals surface area contributed by atoms with Crippen molar-refractivity contribution in [2.24, 2.45) is 0 Å². The summed E-state index contributed by atoms with van der Waals surface area (Å²) in [5, 5.41) is 11.2. The first-order valence-electron chi connectivity index (χ1n) is 7.64. The molecule has 0 amide bonds. The Bertz CT molecular complexity index is 750. The van der Waals surface area contributed by atoms with E-state index >= 15 is 0 Å². The second kappa shape index (κ2) is 6.14. The summed E-state index contributed by atoms with van der Waals surface area (Å²) in [5.74, 6) is -5.82. The number of carbonyl (C=O) groups excluding carboxylic acids is 1. The molecule has 0 aliphatic heterocycles. The summed E-state index contributed by atoms with van der Waals surface area (Å²) in [6.07, 6.45) is 3.00. The summed E-state index contributed by atoms with van der Waals surface area (Å²) in [7, 11) is 0. The number of aromatic nitrogens is 2. The Balaban J connectivity index is 1.87. The lowest BCUT2D eigenvalue weighted by molar-refractivity contribution is -0.255. The number of halogens is 2. The largest absolute Gasteiger partial charge is 0.545 e. The zero-order chi connectivity index (χ0) is 17.3. The molecular formula is C17H16F2N3O2-. The van der Waals surface area contributed by atoms with Crippen LogP contribution in [0.5, 0.6) is 0 Å². The van der Waals surface area contributed by atoms with Gasteiger partial charge in [0.05, 0.1) is 24.1 Å². The summed E-state index contributed by atoms with van der Waals surface area (Å²) in [4.78, 5) is 19.2. The number of benzene rings is 1. The monoisotopic (exact) mass is 332 g/mol. The molecule has 0 saturated heterocycles. The van der Waals surface area contributed by atoms with Crippen LogP contribution in [0.1, 0.15) is 52.7 Å². The van der Waals surface area contributed by atoms with Gasteiger partial charge >= 0.3 is 0 Å². The van der Waals surface area contributed by atoms with Crippen molar-refractivity contribution in [2.75, 3.05) is 5.73 Å². The predicted molar refractivity (Wildman–Crippen MR) is 81.5 cm³/mol. The Morgan fingerprint density at radius 2 is 1.96 bits per heavy atom. The standard InChI is InChI=1S/C17H17F2N3O2/c18-17(19)7-10(14-8-22-15(20)9-21-14)5-6-13(17)11-3-1-2-4-12(11)16(23)24/h1-4,8-10,13H,5-7H2,(H2,20,22)(H,23,24)/p-1. The molecule has 2 unspecified atom stereocenters. The van der Waals surface area contributed by atoms with Crippen LogP contribution in [-0.4, -0.2) is 21.9 Å². The summed E-state index contributed by atoms with van der Waals surface area (Å²) in [6.45, 7) is 0. The van der Waals surface area contributed by atoms with E-state index < -0.39 is 30.1 Å². The fourth-order valence-electron chi connectivity index (χ4n) is 3.33. The van der Waals surface area contributed by atoms with Gasteiger partial charge in [0.15, 0.2) is 0 Å². The molecule has 1 aromatic heterocycles. The van der Waals surface area contributed by atoms with Crippen molar-refractivity contribution >= 4 is 11.8 Å². The quantitative estimate of drug-likeness (QED) is 0.929.